The van der Waals surface area contributed by atoms with E-state index in [0.29, 0.717) is 0 Å². The van der Waals surface area contributed by atoms with E-state index in [1.54, 1.807) is 11.3 Å². The maximum Gasteiger partial charge on any atom is 0.156 e. The van der Waals surface area contributed by atoms with Crippen molar-refractivity contribution in [1.82, 2.24) is 15.2 Å². The van der Waals surface area contributed by atoms with Crippen molar-refractivity contribution in [2.75, 3.05) is 5.32 Å². The molecular formula is C14H14N4S. The first-order valence-electron chi connectivity index (χ1n) is 6.10. The van der Waals surface area contributed by atoms with Crippen molar-refractivity contribution in [3.8, 4) is 0 Å². The maximum atomic E-state index is 4.26. The minimum absolute atomic E-state index is 0.734. The van der Waals surface area contributed by atoms with Crippen LogP contribution in [0, 0.1) is 13.8 Å². The van der Waals surface area contributed by atoms with Crippen LogP contribution in [0.2, 0.25) is 0 Å². The molecular weight excluding hydrogens is 256 g/mol. The summed E-state index contributed by atoms with van der Waals surface area (Å²) in [6, 6.07) is 8.18. The van der Waals surface area contributed by atoms with E-state index in [0.717, 1.165) is 34.5 Å². The molecule has 1 N–H and O–H groups in total. The number of aryl methyl sites for hydroxylation is 2. The second-order valence-electron chi connectivity index (χ2n) is 4.39. The Morgan fingerprint density at radius 1 is 1.05 bits per heavy atom. The molecule has 3 rings (SSSR count). The molecule has 0 fully saturated rings. The largest absolute Gasteiger partial charge is 0.363 e. The van der Waals surface area contributed by atoms with Gasteiger partial charge >= 0.3 is 0 Å². The van der Waals surface area contributed by atoms with Gasteiger partial charge in [-0.15, -0.1) is 16.4 Å². The Hall–Kier alpha value is -2.01. The molecule has 0 atom stereocenters. The topological polar surface area (TPSA) is 50.7 Å². The van der Waals surface area contributed by atoms with Gasteiger partial charge in [-0.3, -0.25) is 0 Å². The molecule has 2 heterocycles. The number of nitrogens with one attached hydrogen (secondary N) is 1. The summed E-state index contributed by atoms with van der Waals surface area (Å²) in [5, 5.41) is 14.1. The van der Waals surface area contributed by atoms with Crippen molar-refractivity contribution in [3.63, 3.8) is 0 Å². The number of rotatable bonds is 3. The summed E-state index contributed by atoms with van der Waals surface area (Å²) in [6.07, 6.45) is 0. The monoisotopic (exact) mass is 270 g/mol. The van der Waals surface area contributed by atoms with Gasteiger partial charge in [-0.2, -0.15) is 5.10 Å². The first-order chi connectivity index (χ1) is 9.25. The molecule has 0 aliphatic rings. The van der Waals surface area contributed by atoms with Crippen LogP contribution in [-0.4, -0.2) is 15.2 Å². The lowest BCUT2D eigenvalue weighted by molar-refractivity contribution is 0.983. The first-order valence-corrected chi connectivity index (χ1v) is 6.98. The van der Waals surface area contributed by atoms with Crippen molar-refractivity contribution >= 4 is 27.9 Å². The van der Waals surface area contributed by atoms with E-state index >= 15 is 0 Å². The number of nitrogens with zero attached hydrogens (tertiary/aromatic N) is 3. The minimum atomic E-state index is 0.734. The van der Waals surface area contributed by atoms with Crippen LogP contribution in [0.3, 0.4) is 0 Å². The standard InChI is InChI=1S/C14H14N4S/c1-9-11-5-3-4-6-12(11)14(18-17-9)15-7-13-10(2)16-8-19-13/h3-6,8H,7H2,1-2H3,(H,15,18). The molecule has 0 saturated heterocycles. The fraction of sp³-hybridized carbons (Fsp3) is 0.214. The van der Waals surface area contributed by atoms with Gasteiger partial charge in [0.15, 0.2) is 5.82 Å². The van der Waals surface area contributed by atoms with Crippen molar-refractivity contribution in [2.24, 2.45) is 0 Å². The predicted molar refractivity (Wildman–Crippen MR) is 78.5 cm³/mol. The molecule has 4 nitrogen and oxygen atoms in total. The number of hydrogen-bond donors (Lipinski definition) is 1. The van der Waals surface area contributed by atoms with Gasteiger partial charge in [-0.05, 0) is 13.8 Å². The molecule has 0 aliphatic heterocycles. The van der Waals surface area contributed by atoms with Crippen molar-refractivity contribution in [3.05, 3.63) is 46.0 Å². The molecule has 0 amide bonds. The molecule has 0 radical (unpaired) electrons. The SMILES string of the molecule is Cc1ncsc1CNc1nnc(C)c2ccccc12. The van der Waals surface area contributed by atoms with Crippen LogP contribution in [0.5, 0.6) is 0 Å². The molecule has 1 aromatic carbocycles. The zero-order chi connectivity index (χ0) is 13.2. The summed E-state index contributed by atoms with van der Waals surface area (Å²) >= 11 is 1.66. The molecule has 0 saturated carbocycles. The average molecular weight is 270 g/mol. The zero-order valence-corrected chi connectivity index (χ0v) is 11.7. The average Bonchev–Trinajstić information content (AvgIpc) is 2.84. The van der Waals surface area contributed by atoms with Crippen LogP contribution in [0.4, 0.5) is 5.82 Å². The summed E-state index contributed by atoms with van der Waals surface area (Å²) in [5.74, 6) is 0.828. The van der Waals surface area contributed by atoms with E-state index in [1.165, 1.54) is 4.88 Å². The normalized spacial score (nSPS) is 10.8. The van der Waals surface area contributed by atoms with E-state index in [9.17, 15) is 0 Å². The Balaban J connectivity index is 1.93. The molecule has 5 heteroatoms. The van der Waals surface area contributed by atoms with Gasteiger partial charge < -0.3 is 5.32 Å². The zero-order valence-electron chi connectivity index (χ0n) is 10.8. The van der Waals surface area contributed by atoms with E-state index in [1.807, 2.05) is 31.5 Å². The third-order valence-electron chi connectivity index (χ3n) is 3.13. The van der Waals surface area contributed by atoms with Gasteiger partial charge in [0.05, 0.1) is 23.4 Å². The Morgan fingerprint density at radius 3 is 2.58 bits per heavy atom. The second-order valence-corrected chi connectivity index (χ2v) is 5.33. The number of thiazole rings is 1. The molecule has 0 bridgehead atoms. The van der Waals surface area contributed by atoms with Gasteiger partial charge in [0.2, 0.25) is 0 Å². The number of hydrogen-bond acceptors (Lipinski definition) is 5. The number of benzene rings is 1. The van der Waals surface area contributed by atoms with Gasteiger partial charge in [-0.1, -0.05) is 24.3 Å². The van der Waals surface area contributed by atoms with Gasteiger partial charge in [0, 0.05) is 15.6 Å². The quantitative estimate of drug-likeness (QED) is 0.793. The van der Waals surface area contributed by atoms with Crippen LogP contribution in [0.15, 0.2) is 29.8 Å². The fourth-order valence-electron chi connectivity index (χ4n) is 2.03. The highest BCUT2D eigenvalue weighted by Crippen LogP contribution is 2.23. The third-order valence-corrected chi connectivity index (χ3v) is 4.07. The predicted octanol–water partition coefficient (Wildman–Crippen LogP) is 3.32. The summed E-state index contributed by atoms with van der Waals surface area (Å²) in [7, 11) is 0. The van der Waals surface area contributed by atoms with Crippen LogP contribution in [0.25, 0.3) is 10.8 Å². The Morgan fingerprint density at radius 2 is 1.84 bits per heavy atom. The van der Waals surface area contributed by atoms with Crippen molar-refractivity contribution in [2.45, 2.75) is 20.4 Å². The number of anilines is 1. The van der Waals surface area contributed by atoms with E-state index < -0.39 is 0 Å². The smallest absolute Gasteiger partial charge is 0.156 e. The van der Waals surface area contributed by atoms with Crippen molar-refractivity contribution < 1.29 is 0 Å². The summed E-state index contributed by atoms with van der Waals surface area (Å²) in [4.78, 5) is 5.48. The van der Waals surface area contributed by atoms with Gasteiger partial charge in [0.1, 0.15) is 0 Å². The first kappa shape index (κ1) is 12.0. The highest BCUT2D eigenvalue weighted by molar-refractivity contribution is 7.09. The molecule has 96 valence electrons. The minimum Gasteiger partial charge on any atom is -0.363 e. The summed E-state index contributed by atoms with van der Waals surface area (Å²) < 4.78 is 0. The lowest BCUT2D eigenvalue weighted by Gasteiger charge is -2.08. The van der Waals surface area contributed by atoms with E-state index in [-0.39, 0.29) is 0 Å². The second kappa shape index (κ2) is 4.93. The third kappa shape index (κ3) is 2.29. The summed E-state index contributed by atoms with van der Waals surface area (Å²) in [5.41, 5.74) is 3.89. The van der Waals surface area contributed by atoms with Crippen molar-refractivity contribution in [1.29, 1.82) is 0 Å². The highest BCUT2D eigenvalue weighted by atomic mass is 32.1. The summed E-state index contributed by atoms with van der Waals surface area (Å²) in [6.45, 7) is 4.73. The number of fused-ring (bicyclic) bond motifs is 1. The van der Waals surface area contributed by atoms with Crippen LogP contribution in [0.1, 0.15) is 16.3 Å². The Bertz CT molecular complexity index is 720. The van der Waals surface area contributed by atoms with Crippen LogP contribution in [-0.2, 0) is 6.54 Å². The fourth-order valence-corrected chi connectivity index (χ4v) is 2.75. The van der Waals surface area contributed by atoms with Crippen LogP contribution >= 0.6 is 11.3 Å². The van der Waals surface area contributed by atoms with E-state index in [2.05, 4.69) is 32.6 Å². The van der Waals surface area contributed by atoms with Gasteiger partial charge in [-0.25, -0.2) is 4.98 Å². The molecule has 0 spiro atoms. The molecule has 3 aromatic rings. The van der Waals surface area contributed by atoms with E-state index in [4.69, 9.17) is 0 Å². The van der Waals surface area contributed by atoms with Gasteiger partial charge in [0.25, 0.3) is 0 Å². The molecule has 19 heavy (non-hydrogen) atoms. The van der Waals surface area contributed by atoms with Crippen LogP contribution < -0.4 is 5.32 Å². The molecule has 2 aromatic heterocycles. The maximum absolute atomic E-state index is 4.26. The Kier molecular flexibility index (Phi) is 3.13. The Labute approximate surface area is 115 Å². The molecule has 0 unspecified atom stereocenters. The molecule has 0 aliphatic carbocycles. The number of aromatic nitrogens is 3. The lowest BCUT2D eigenvalue weighted by atomic mass is 10.1. The lowest BCUT2D eigenvalue weighted by Crippen LogP contribution is -2.04. The highest BCUT2D eigenvalue weighted by Gasteiger charge is 2.07.